The van der Waals surface area contributed by atoms with Gasteiger partial charge in [0, 0.05) is 48.9 Å². The number of hydrogen-bond acceptors (Lipinski definition) is 7. The maximum absolute atomic E-state index is 12.2. The number of amides is 1. The number of nitriles is 1. The molecule has 4 aromatic rings. The number of nitrogens with one attached hydrogen (secondary N) is 2. The molecule has 0 saturated carbocycles. The van der Waals surface area contributed by atoms with Gasteiger partial charge < -0.3 is 10.6 Å². The van der Waals surface area contributed by atoms with Gasteiger partial charge in [-0.2, -0.15) is 18.8 Å². The summed E-state index contributed by atoms with van der Waals surface area (Å²) >= 11 is 0. The Morgan fingerprint density at radius 2 is 1.97 bits per heavy atom. The third-order valence-electron chi connectivity index (χ3n) is 5.24. The number of hydrogen-bond donors (Lipinski definition) is 2. The maximum atomic E-state index is 12.2. The summed E-state index contributed by atoms with van der Waals surface area (Å²) in [5.74, 6) is 0.665. The number of aromatic nitrogens is 4. The normalized spacial score (nSPS) is 11.2. The van der Waals surface area contributed by atoms with Crippen LogP contribution in [0.25, 0.3) is 22.2 Å². The summed E-state index contributed by atoms with van der Waals surface area (Å²) in [4.78, 5) is 29.5. The zero-order valence-electron chi connectivity index (χ0n) is 18.2. The first kappa shape index (κ1) is 23.6. The zero-order valence-corrected chi connectivity index (χ0v) is 19.2. The first-order valence-electron chi connectivity index (χ1n) is 10.1. The van der Waals surface area contributed by atoms with Crippen molar-refractivity contribution >= 4 is 36.1 Å². The van der Waals surface area contributed by atoms with Gasteiger partial charge in [-0.1, -0.05) is 25.1 Å². The number of carbonyl (C=O) groups is 1. The van der Waals surface area contributed by atoms with Crippen LogP contribution in [0.1, 0.15) is 34.5 Å². The van der Waals surface area contributed by atoms with Crippen molar-refractivity contribution < 1.29 is 4.79 Å². The molecule has 2 N–H and O–H groups in total. The van der Waals surface area contributed by atoms with Crippen LogP contribution < -0.4 is 10.6 Å². The monoisotopic (exact) mass is 457 g/mol. The van der Waals surface area contributed by atoms with Crippen molar-refractivity contribution in [3.8, 4) is 17.3 Å². The van der Waals surface area contributed by atoms with E-state index in [2.05, 4.69) is 37.5 Å². The van der Waals surface area contributed by atoms with Crippen LogP contribution in [-0.2, 0) is 0 Å². The molecule has 0 fully saturated rings. The molecule has 0 aliphatic carbocycles. The van der Waals surface area contributed by atoms with Gasteiger partial charge in [0.25, 0.3) is 5.91 Å². The van der Waals surface area contributed by atoms with E-state index < -0.39 is 0 Å². The number of para-hydroxylation sites is 1. The van der Waals surface area contributed by atoms with Gasteiger partial charge in [-0.3, -0.25) is 9.78 Å². The Morgan fingerprint density at radius 1 is 1.12 bits per heavy atom. The molecule has 8 nitrogen and oxygen atoms in total. The predicted molar refractivity (Wildman–Crippen MR) is 132 cm³/mol. The highest BCUT2D eigenvalue weighted by molar-refractivity contribution is 7.59. The molecule has 0 bridgehead atoms. The molecule has 3 heterocycles. The highest BCUT2D eigenvalue weighted by atomic mass is 32.1. The van der Waals surface area contributed by atoms with E-state index >= 15 is 0 Å². The number of fused-ring (bicyclic) bond motifs is 1. The first-order valence-corrected chi connectivity index (χ1v) is 10.1. The second kappa shape index (κ2) is 10.5. The van der Waals surface area contributed by atoms with Crippen molar-refractivity contribution in [2.75, 3.05) is 18.9 Å². The van der Waals surface area contributed by atoms with Crippen molar-refractivity contribution in [2.45, 2.75) is 12.8 Å². The molecule has 1 amide bonds. The summed E-state index contributed by atoms with van der Waals surface area (Å²) < 4.78 is 0. The fourth-order valence-electron chi connectivity index (χ4n) is 3.52. The van der Waals surface area contributed by atoms with Crippen molar-refractivity contribution in [1.82, 2.24) is 25.3 Å². The standard InChI is InChI=1S/C24H21N7O.H2S/c1-15(18-4-3-5-19-20(24(32)26-2)8-9-27-23(18)19)12-29-22-10-21(30-14-31-22)16-6-7-17(11-25)28-13-16;/h3-10,13-15H,12H2,1-2H3,(H,26,32)(H,29,30,31);1H2/t15-;/m1./s1. The molecule has 9 heteroatoms. The summed E-state index contributed by atoms with van der Waals surface area (Å²) in [7, 11) is 1.62. The Labute approximate surface area is 198 Å². The second-order valence-electron chi connectivity index (χ2n) is 7.30. The minimum atomic E-state index is -0.133. The van der Waals surface area contributed by atoms with E-state index in [0.29, 0.717) is 29.3 Å². The summed E-state index contributed by atoms with van der Waals surface area (Å²) in [5.41, 5.74) is 4.35. The van der Waals surface area contributed by atoms with Crippen molar-refractivity contribution in [3.63, 3.8) is 0 Å². The van der Waals surface area contributed by atoms with E-state index in [9.17, 15) is 4.79 Å². The van der Waals surface area contributed by atoms with E-state index in [0.717, 1.165) is 22.0 Å². The molecule has 166 valence electrons. The lowest BCUT2D eigenvalue weighted by Crippen LogP contribution is -2.18. The largest absolute Gasteiger partial charge is 0.369 e. The Kier molecular flexibility index (Phi) is 7.53. The number of nitrogens with zero attached hydrogens (tertiary/aromatic N) is 5. The van der Waals surface area contributed by atoms with Gasteiger partial charge in [-0.05, 0) is 23.8 Å². The van der Waals surface area contributed by atoms with Crippen molar-refractivity contribution in [2.24, 2.45) is 0 Å². The number of carbonyl (C=O) groups excluding carboxylic acids is 1. The average molecular weight is 458 g/mol. The SMILES string of the molecule is CNC(=O)c1ccnc2c([C@H](C)CNc3cc(-c4ccc(C#N)nc4)ncn3)cccc12.S. The lowest BCUT2D eigenvalue weighted by Gasteiger charge is -2.16. The van der Waals surface area contributed by atoms with Crippen LogP contribution in [0.2, 0.25) is 0 Å². The van der Waals surface area contributed by atoms with Crippen LogP contribution in [0.4, 0.5) is 5.82 Å². The van der Waals surface area contributed by atoms with E-state index in [1.165, 1.54) is 6.33 Å². The summed E-state index contributed by atoms with van der Waals surface area (Å²) in [6, 6.07) is 15.0. The number of anilines is 1. The van der Waals surface area contributed by atoms with Crippen LogP contribution >= 0.6 is 13.5 Å². The molecule has 0 aliphatic heterocycles. The molecule has 0 saturated heterocycles. The topological polar surface area (TPSA) is 116 Å². The molecule has 33 heavy (non-hydrogen) atoms. The maximum Gasteiger partial charge on any atom is 0.251 e. The van der Waals surface area contributed by atoms with E-state index in [1.807, 2.05) is 36.4 Å². The highest BCUT2D eigenvalue weighted by Crippen LogP contribution is 2.27. The first-order chi connectivity index (χ1) is 15.6. The van der Waals surface area contributed by atoms with Crippen LogP contribution in [-0.4, -0.2) is 39.4 Å². The summed E-state index contributed by atoms with van der Waals surface area (Å²) in [5, 5.41) is 15.8. The second-order valence-corrected chi connectivity index (χ2v) is 7.30. The predicted octanol–water partition coefficient (Wildman–Crippen LogP) is 3.65. The van der Waals surface area contributed by atoms with Crippen LogP contribution in [0.3, 0.4) is 0 Å². The van der Waals surface area contributed by atoms with Crippen molar-refractivity contribution in [3.05, 3.63) is 78.0 Å². The Hall–Kier alpha value is -4.03. The van der Waals surface area contributed by atoms with Gasteiger partial charge >= 0.3 is 0 Å². The smallest absolute Gasteiger partial charge is 0.251 e. The number of benzene rings is 1. The van der Waals surface area contributed by atoms with Crippen molar-refractivity contribution in [1.29, 1.82) is 5.26 Å². The fraction of sp³-hybridized carbons (Fsp3) is 0.167. The van der Waals surface area contributed by atoms with Gasteiger partial charge in [-0.25, -0.2) is 15.0 Å². The molecule has 1 atom stereocenters. The molecule has 4 rings (SSSR count). The highest BCUT2D eigenvalue weighted by Gasteiger charge is 2.15. The lowest BCUT2D eigenvalue weighted by atomic mass is 9.96. The molecular weight excluding hydrogens is 434 g/mol. The van der Waals surface area contributed by atoms with E-state index in [-0.39, 0.29) is 25.3 Å². The minimum Gasteiger partial charge on any atom is -0.369 e. The quantitative estimate of drug-likeness (QED) is 0.454. The van der Waals surface area contributed by atoms with Gasteiger partial charge in [0.05, 0.1) is 16.8 Å². The summed E-state index contributed by atoms with van der Waals surface area (Å²) in [6.07, 6.45) is 4.79. The van der Waals surface area contributed by atoms with Crippen LogP contribution in [0, 0.1) is 11.3 Å². The zero-order chi connectivity index (χ0) is 22.5. The molecular formula is C24H23N7OS. The lowest BCUT2D eigenvalue weighted by molar-refractivity contribution is 0.0964. The molecule has 1 aromatic carbocycles. The molecule has 0 aliphatic rings. The van der Waals surface area contributed by atoms with E-state index in [4.69, 9.17) is 5.26 Å². The Balaban J connectivity index is 0.00000306. The van der Waals surface area contributed by atoms with E-state index in [1.54, 1.807) is 31.6 Å². The van der Waals surface area contributed by atoms with Crippen LogP contribution in [0.15, 0.2) is 61.2 Å². The van der Waals surface area contributed by atoms with Gasteiger partial charge in [-0.15, -0.1) is 0 Å². The molecule has 0 radical (unpaired) electrons. The third-order valence-corrected chi connectivity index (χ3v) is 5.24. The minimum absolute atomic E-state index is 0. The number of pyridine rings is 2. The van der Waals surface area contributed by atoms with Crippen LogP contribution in [0.5, 0.6) is 0 Å². The molecule has 0 unspecified atom stereocenters. The average Bonchev–Trinajstić information content (AvgIpc) is 2.86. The molecule has 0 spiro atoms. The van der Waals surface area contributed by atoms with Gasteiger partial charge in [0.2, 0.25) is 0 Å². The van der Waals surface area contributed by atoms with Gasteiger partial charge in [0.1, 0.15) is 23.9 Å². The Bertz CT molecular complexity index is 1320. The molecule has 3 aromatic heterocycles. The fourth-order valence-corrected chi connectivity index (χ4v) is 3.52. The van der Waals surface area contributed by atoms with Gasteiger partial charge in [0.15, 0.2) is 0 Å². The number of rotatable bonds is 6. The third kappa shape index (κ3) is 5.07. The Morgan fingerprint density at radius 3 is 2.70 bits per heavy atom. The summed E-state index contributed by atoms with van der Waals surface area (Å²) in [6.45, 7) is 2.72.